The summed E-state index contributed by atoms with van der Waals surface area (Å²) in [7, 11) is 1.76. The van der Waals surface area contributed by atoms with E-state index < -0.39 is 0 Å². The van der Waals surface area contributed by atoms with Gasteiger partial charge >= 0.3 is 0 Å². The largest absolute Gasteiger partial charge is 0.289 e. The van der Waals surface area contributed by atoms with Crippen LogP contribution in [-0.4, -0.2) is 17.5 Å². The molecule has 1 heterocycles. The predicted octanol–water partition coefficient (Wildman–Crippen LogP) is 4.26. The predicted molar refractivity (Wildman–Crippen MR) is 96.1 cm³/mol. The van der Waals surface area contributed by atoms with Crippen LogP contribution in [0.2, 0.25) is 5.02 Å². The van der Waals surface area contributed by atoms with E-state index >= 15 is 0 Å². The maximum atomic E-state index is 8.81. The fourth-order valence-electron chi connectivity index (χ4n) is 3.03. The number of nitrogens with one attached hydrogen (secondary N) is 1. The van der Waals surface area contributed by atoms with Gasteiger partial charge < -0.3 is 0 Å². The summed E-state index contributed by atoms with van der Waals surface area (Å²) in [6.07, 6.45) is 3.86. The average molecular weight is 326 g/mol. The number of halogens is 1. The number of pyridine rings is 1. The van der Waals surface area contributed by atoms with Gasteiger partial charge in [-0.15, -0.1) is 0 Å². The molecule has 0 saturated heterocycles. The molecular formula is C19H20ClN3. The van der Waals surface area contributed by atoms with E-state index in [9.17, 15) is 0 Å². The van der Waals surface area contributed by atoms with E-state index in [1.165, 1.54) is 0 Å². The first-order valence-corrected chi connectivity index (χ1v) is 8.03. The summed E-state index contributed by atoms with van der Waals surface area (Å²) >= 11 is 6.00. The van der Waals surface area contributed by atoms with Crippen LogP contribution < -0.4 is 5.49 Å². The van der Waals surface area contributed by atoms with Gasteiger partial charge in [-0.05, 0) is 55.2 Å². The third-order valence-electron chi connectivity index (χ3n) is 4.48. The Kier molecular flexibility index (Phi) is 3.99. The molecule has 0 aliphatic heterocycles. The SMILES string of the molecule is C=C(C)c1cccn(C(=N)C2(c3ccc(Cl)cc3)CC2)/c1=N\C. The van der Waals surface area contributed by atoms with Gasteiger partial charge in [0.05, 0.1) is 5.41 Å². The third-order valence-corrected chi connectivity index (χ3v) is 4.73. The lowest BCUT2D eigenvalue weighted by Crippen LogP contribution is -2.36. The van der Waals surface area contributed by atoms with Crippen LogP contribution in [0.1, 0.15) is 30.9 Å². The molecule has 0 unspecified atom stereocenters. The molecule has 0 spiro atoms. The van der Waals surface area contributed by atoms with Crippen LogP contribution in [0.4, 0.5) is 0 Å². The van der Waals surface area contributed by atoms with Crippen molar-refractivity contribution in [2.24, 2.45) is 4.99 Å². The van der Waals surface area contributed by atoms with Crippen LogP contribution in [0.5, 0.6) is 0 Å². The number of nitrogens with zero attached hydrogens (tertiary/aromatic N) is 2. The van der Waals surface area contributed by atoms with Crippen LogP contribution in [0.25, 0.3) is 5.57 Å². The molecule has 23 heavy (non-hydrogen) atoms. The average Bonchev–Trinajstić information content (AvgIpc) is 3.35. The van der Waals surface area contributed by atoms with E-state index in [-0.39, 0.29) is 5.41 Å². The number of hydrogen-bond donors (Lipinski definition) is 1. The second-order valence-electron chi connectivity index (χ2n) is 6.06. The Hall–Kier alpha value is -2.13. The number of allylic oxidation sites excluding steroid dienone is 1. The van der Waals surface area contributed by atoms with Gasteiger partial charge in [0, 0.05) is 23.8 Å². The summed E-state index contributed by atoms with van der Waals surface area (Å²) < 4.78 is 1.88. The summed E-state index contributed by atoms with van der Waals surface area (Å²) in [5.74, 6) is 0.559. The Morgan fingerprint density at radius 3 is 2.43 bits per heavy atom. The molecule has 3 rings (SSSR count). The van der Waals surface area contributed by atoms with Crippen molar-refractivity contribution < 1.29 is 0 Å². The van der Waals surface area contributed by atoms with Crippen molar-refractivity contribution >= 4 is 23.0 Å². The highest BCUT2D eigenvalue weighted by Gasteiger charge is 2.49. The Morgan fingerprint density at radius 1 is 1.26 bits per heavy atom. The second-order valence-corrected chi connectivity index (χ2v) is 6.49. The fraction of sp³-hybridized carbons (Fsp3) is 0.263. The molecule has 1 aromatic carbocycles. The minimum absolute atomic E-state index is 0.234. The molecule has 1 aromatic heterocycles. The zero-order chi connectivity index (χ0) is 16.6. The summed E-state index contributed by atoms with van der Waals surface area (Å²) in [5, 5.41) is 9.53. The van der Waals surface area contributed by atoms with E-state index in [4.69, 9.17) is 17.0 Å². The lowest BCUT2D eigenvalue weighted by molar-refractivity contribution is 0.837. The van der Waals surface area contributed by atoms with E-state index in [2.05, 4.69) is 11.6 Å². The van der Waals surface area contributed by atoms with Crippen molar-refractivity contribution in [3.05, 3.63) is 70.8 Å². The third kappa shape index (κ3) is 2.66. The molecule has 1 N–H and O–H groups in total. The summed E-state index contributed by atoms with van der Waals surface area (Å²) in [6.45, 7) is 5.98. The molecular weight excluding hydrogens is 306 g/mol. The van der Waals surface area contributed by atoms with Gasteiger partial charge in [0.2, 0.25) is 0 Å². The zero-order valence-corrected chi connectivity index (χ0v) is 14.2. The van der Waals surface area contributed by atoms with E-state index in [0.717, 1.165) is 40.1 Å². The molecule has 0 amide bonds. The smallest absolute Gasteiger partial charge is 0.140 e. The standard InChI is InChI=1S/C19H20ClN3/c1-13(2)16-5-4-12-23(17(16)22-3)18(21)19(10-11-19)14-6-8-15(20)9-7-14/h4-9,12,21H,1,10-11H2,2-3H3/b21-18?,22-17-. The lowest BCUT2D eigenvalue weighted by atomic mass is 9.94. The first-order chi connectivity index (χ1) is 11.0. The summed E-state index contributed by atoms with van der Waals surface area (Å²) in [6, 6.07) is 11.8. The Morgan fingerprint density at radius 2 is 1.91 bits per heavy atom. The molecule has 2 aromatic rings. The van der Waals surface area contributed by atoms with Crippen LogP contribution in [0.15, 0.2) is 54.2 Å². The quantitative estimate of drug-likeness (QED) is 0.647. The number of benzene rings is 1. The van der Waals surface area contributed by atoms with Gasteiger partial charge in [-0.3, -0.25) is 15.0 Å². The van der Waals surface area contributed by atoms with Gasteiger partial charge in [0.15, 0.2) is 0 Å². The fourth-order valence-corrected chi connectivity index (χ4v) is 3.15. The van der Waals surface area contributed by atoms with Crippen LogP contribution in [0.3, 0.4) is 0 Å². The summed E-state index contributed by atoms with van der Waals surface area (Å²) in [4.78, 5) is 4.40. The van der Waals surface area contributed by atoms with Gasteiger partial charge in [-0.2, -0.15) is 0 Å². The molecule has 0 bridgehead atoms. The van der Waals surface area contributed by atoms with E-state index in [1.807, 2.05) is 54.1 Å². The minimum Gasteiger partial charge on any atom is -0.289 e. The van der Waals surface area contributed by atoms with Gasteiger partial charge in [0.25, 0.3) is 0 Å². The maximum absolute atomic E-state index is 8.81. The van der Waals surface area contributed by atoms with Crippen molar-refractivity contribution in [1.82, 2.24) is 4.57 Å². The minimum atomic E-state index is -0.234. The van der Waals surface area contributed by atoms with E-state index in [1.54, 1.807) is 7.05 Å². The van der Waals surface area contributed by atoms with Crippen molar-refractivity contribution in [1.29, 1.82) is 5.41 Å². The van der Waals surface area contributed by atoms with Crippen LogP contribution >= 0.6 is 11.6 Å². The molecule has 3 nitrogen and oxygen atoms in total. The second kappa shape index (κ2) is 5.82. The van der Waals surface area contributed by atoms with Crippen molar-refractivity contribution in [2.75, 3.05) is 7.05 Å². The molecule has 4 heteroatoms. The maximum Gasteiger partial charge on any atom is 0.140 e. The van der Waals surface area contributed by atoms with Gasteiger partial charge in [0.1, 0.15) is 11.3 Å². The monoisotopic (exact) mass is 325 g/mol. The van der Waals surface area contributed by atoms with Crippen molar-refractivity contribution in [2.45, 2.75) is 25.2 Å². The first kappa shape index (κ1) is 15.8. The van der Waals surface area contributed by atoms with Crippen LogP contribution in [-0.2, 0) is 5.41 Å². The Bertz CT molecular complexity index is 840. The molecule has 1 saturated carbocycles. The zero-order valence-electron chi connectivity index (χ0n) is 13.4. The molecule has 118 valence electrons. The Balaban J connectivity index is 2.10. The molecule has 0 atom stereocenters. The molecule has 1 aliphatic carbocycles. The molecule has 0 radical (unpaired) electrons. The van der Waals surface area contributed by atoms with Crippen molar-refractivity contribution in [3.8, 4) is 0 Å². The number of hydrogen-bond acceptors (Lipinski definition) is 2. The first-order valence-electron chi connectivity index (χ1n) is 7.65. The number of aromatic nitrogens is 1. The topological polar surface area (TPSA) is 41.1 Å². The van der Waals surface area contributed by atoms with Crippen molar-refractivity contribution in [3.63, 3.8) is 0 Å². The Labute approximate surface area is 141 Å². The van der Waals surface area contributed by atoms with Gasteiger partial charge in [-0.25, -0.2) is 0 Å². The van der Waals surface area contributed by atoms with E-state index in [0.29, 0.717) is 5.84 Å². The highest BCUT2D eigenvalue weighted by molar-refractivity contribution is 6.30. The number of rotatable bonds is 3. The normalized spacial score (nSPS) is 16.2. The molecule has 1 fully saturated rings. The lowest BCUT2D eigenvalue weighted by Gasteiger charge is -2.21. The highest BCUT2D eigenvalue weighted by Crippen LogP contribution is 2.49. The summed E-state index contributed by atoms with van der Waals surface area (Å²) in [5.41, 5.74) is 3.62. The molecule has 1 aliphatic rings. The highest BCUT2D eigenvalue weighted by atomic mass is 35.5. The van der Waals surface area contributed by atoms with Crippen LogP contribution in [0, 0.1) is 5.41 Å². The van der Waals surface area contributed by atoms with Gasteiger partial charge in [-0.1, -0.05) is 30.3 Å².